The molecule has 4 aromatic rings. The highest BCUT2D eigenvalue weighted by Crippen LogP contribution is 2.45. The molecule has 1 aliphatic carbocycles. The highest BCUT2D eigenvalue weighted by Gasteiger charge is 2.30. The van der Waals surface area contributed by atoms with Gasteiger partial charge in [0.2, 0.25) is 17.5 Å². The van der Waals surface area contributed by atoms with Crippen molar-refractivity contribution in [2.75, 3.05) is 44.2 Å². The van der Waals surface area contributed by atoms with Crippen LogP contribution < -0.4 is 20.9 Å². The first-order valence-electron chi connectivity index (χ1n) is 20.7. The number of carbonyl (C=O) groups excluding carboxylic acids is 3. The van der Waals surface area contributed by atoms with Crippen molar-refractivity contribution in [3.8, 4) is 11.1 Å². The molecule has 60 heavy (non-hydrogen) atoms. The molecule has 0 bridgehead atoms. The number of aryl methyl sites for hydroxylation is 2. The van der Waals surface area contributed by atoms with Gasteiger partial charge in [0, 0.05) is 74.4 Å². The Bertz CT molecular complexity index is 2260. The molecule has 5 rings (SSSR count). The fourth-order valence-electron chi connectivity index (χ4n) is 7.64. The number of aliphatic carboxylic acids is 1. The predicted molar refractivity (Wildman–Crippen MR) is 238 cm³/mol. The summed E-state index contributed by atoms with van der Waals surface area (Å²) in [5.74, 6) is -1.64. The van der Waals surface area contributed by atoms with Crippen LogP contribution in [0.1, 0.15) is 73.8 Å². The third-order valence-electron chi connectivity index (χ3n) is 10.7. The number of hydrogen-bond acceptors (Lipinski definition) is 6. The number of amides is 3. The standard InChI is InChI=1S/C49H57N5O6/c1-6-53(44-22-11-7-16-34(44)2)36(4)18-15-19-37(5)54(45-23-12-8-17-35(45)3)29-14-13-24-46(55)50-27-28-51-47(56)31-38-25-26-41-39-20-9-10-21-40(39)43(42(41)30-38)33-60-49(59)52-32-48(57)58/h7-12,15-23,25-26,30,43H,6,13-14,24,27-29,31-33H2,1-5H3,(H3-,50,51,52,55,56,57,58,59)/p+1. The summed E-state index contributed by atoms with van der Waals surface area (Å²) in [6.45, 7) is 12.4. The minimum atomic E-state index is -1.16. The highest BCUT2D eigenvalue weighted by molar-refractivity contribution is 5.89. The van der Waals surface area contributed by atoms with E-state index in [0.29, 0.717) is 19.5 Å². The van der Waals surface area contributed by atoms with Gasteiger partial charge >= 0.3 is 12.1 Å². The summed E-state index contributed by atoms with van der Waals surface area (Å²) in [5, 5.41) is 16.9. The Labute approximate surface area is 353 Å². The Hall–Kier alpha value is -6.49. The Morgan fingerprint density at radius 1 is 0.800 bits per heavy atom. The van der Waals surface area contributed by atoms with Crippen LogP contribution in [0.3, 0.4) is 0 Å². The number of carboxylic acids is 1. The Balaban J connectivity index is 1.08. The third-order valence-corrected chi connectivity index (χ3v) is 10.7. The van der Waals surface area contributed by atoms with E-state index in [1.165, 1.54) is 16.8 Å². The number of benzene rings is 4. The van der Waals surface area contributed by atoms with E-state index in [0.717, 1.165) is 70.8 Å². The summed E-state index contributed by atoms with van der Waals surface area (Å²) in [4.78, 5) is 50.9. The summed E-state index contributed by atoms with van der Waals surface area (Å²) in [5.41, 5.74) is 11.8. The number of hydrogen-bond donors (Lipinski definition) is 4. The van der Waals surface area contributed by atoms with Crippen LogP contribution in [-0.4, -0.2) is 78.6 Å². The molecule has 0 aliphatic heterocycles. The topological polar surface area (TPSA) is 140 Å². The summed E-state index contributed by atoms with van der Waals surface area (Å²) < 4.78 is 7.69. The number of nitrogens with one attached hydrogen (secondary N) is 3. The molecule has 314 valence electrons. The molecule has 11 nitrogen and oxygen atoms in total. The lowest BCUT2D eigenvalue weighted by Crippen LogP contribution is -2.35. The number of allylic oxidation sites excluding steroid dienone is 4. The Morgan fingerprint density at radius 2 is 1.48 bits per heavy atom. The van der Waals surface area contributed by atoms with E-state index in [4.69, 9.17) is 9.84 Å². The van der Waals surface area contributed by atoms with Gasteiger partial charge in [-0.2, -0.15) is 4.58 Å². The molecule has 4 aromatic carbocycles. The largest absolute Gasteiger partial charge is 0.480 e. The number of alkyl carbamates (subject to hydrolysis) is 1. The smallest absolute Gasteiger partial charge is 0.407 e. The van der Waals surface area contributed by atoms with Gasteiger partial charge in [0.05, 0.1) is 6.42 Å². The molecule has 0 saturated heterocycles. The van der Waals surface area contributed by atoms with Crippen molar-refractivity contribution in [3.63, 3.8) is 0 Å². The zero-order valence-electron chi connectivity index (χ0n) is 35.4. The molecule has 0 saturated carbocycles. The Kier molecular flexibility index (Phi) is 16.4. The normalized spacial score (nSPS) is 13.6. The summed E-state index contributed by atoms with van der Waals surface area (Å²) in [7, 11) is 0. The molecule has 0 fully saturated rings. The number of carbonyl (C=O) groups is 4. The second-order valence-electron chi connectivity index (χ2n) is 15.0. The van der Waals surface area contributed by atoms with Crippen LogP contribution in [0.5, 0.6) is 0 Å². The molecule has 3 amide bonds. The Morgan fingerprint density at radius 3 is 2.22 bits per heavy atom. The van der Waals surface area contributed by atoms with Gasteiger partial charge in [-0.1, -0.05) is 84.9 Å². The van der Waals surface area contributed by atoms with Crippen LogP contribution in [0.4, 0.5) is 16.2 Å². The van der Waals surface area contributed by atoms with Gasteiger partial charge < -0.3 is 30.7 Å². The molecule has 0 aromatic heterocycles. The first-order valence-corrected chi connectivity index (χ1v) is 20.7. The van der Waals surface area contributed by atoms with Crippen molar-refractivity contribution in [2.45, 2.75) is 66.2 Å². The number of nitrogens with zero attached hydrogens (tertiary/aromatic N) is 2. The number of anilines is 1. The van der Waals surface area contributed by atoms with Gasteiger partial charge in [-0.15, -0.1) is 0 Å². The van der Waals surface area contributed by atoms with Crippen LogP contribution in [0.2, 0.25) is 0 Å². The van der Waals surface area contributed by atoms with Crippen molar-refractivity contribution >= 4 is 41.0 Å². The fourth-order valence-corrected chi connectivity index (χ4v) is 7.64. The zero-order valence-corrected chi connectivity index (χ0v) is 35.4. The van der Waals surface area contributed by atoms with E-state index in [-0.39, 0.29) is 30.8 Å². The zero-order chi connectivity index (χ0) is 43.0. The van der Waals surface area contributed by atoms with Crippen LogP contribution in [-0.2, 0) is 25.5 Å². The fraction of sp³-hybridized carbons (Fsp3) is 0.327. The number of para-hydroxylation sites is 2. The van der Waals surface area contributed by atoms with Crippen LogP contribution >= 0.6 is 0 Å². The lowest BCUT2D eigenvalue weighted by Gasteiger charge is -2.25. The molecule has 1 atom stereocenters. The second-order valence-corrected chi connectivity index (χ2v) is 15.0. The number of rotatable bonds is 20. The van der Waals surface area contributed by atoms with Crippen molar-refractivity contribution in [1.29, 1.82) is 0 Å². The second kappa shape index (κ2) is 22.0. The first kappa shape index (κ1) is 44.6. The van der Waals surface area contributed by atoms with Crippen molar-refractivity contribution < 1.29 is 33.6 Å². The van der Waals surface area contributed by atoms with E-state index in [9.17, 15) is 19.2 Å². The number of carboxylic acid groups (broad SMARTS) is 1. The van der Waals surface area contributed by atoms with E-state index in [2.05, 4.69) is 121 Å². The molecule has 1 unspecified atom stereocenters. The lowest BCUT2D eigenvalue weighted by molar-refractivity contribution is -0.441. The maximum Gasteiger partial charge on any atom is 0.407 e. The van der Waals surface area contributed by atoms with E-state index in [1.54, 1.807) is 0 Å². The monoisotopic (exact) mass is 812 g/mol. The number of fused-ring (bicyclic) bond motifs is 3. The SMILES string of the molecule is CCN(C(C)=CC=CC(C)=[N+](CCCCC(=O)NCCNC(=O)Cc1ccc2c(c1)C(COC(=O)NCC(=O)O)c1ccccc1-2)c1ccccc1C)c1ccccc1C. The lowest BCUT2D eigenvalue weighted by atomic mass is 9.96. The van der Waals surface area contributed by atoms with E-state index in [1.807, 2.05) is 48.5 Å². The van der Waals surface area contributed by atoms with Crippen LogP contribution in [0, 0.1) is 13.8 Å². The van der Waals surface area contributed by atoms with E-state index >= 15 is 0 Å². The summed E-state index contributed by atoms with van der Waals surface area (Å²) >= 11 is 0. The van der Waals surface area contributed by atoms with Crippen molar-refractivity contribution in [3.05, 3.63) is 143 Å². The summed E-state index contributed by atoms with van der Waals surface area (Å²) in [6, 6.07) is 30.5. The molecular weight excluding hydrogens is 755 g/mol. The molecule has 11 heteroatoms. The van der Waals surface area contributed by atoms with Gasteiger partial charge in [-0.3, -0.25) is 14.4 Å². The van der Waals surface area contributed by atoms with Crippen molar-refractivity contribution in [1.82, 2.24) is 16.0 Å². The average molecular weight is 813 g/mol. The number of unbranched alkanes of at least 4 members (excludes halogenated alkanes) is 1. The van der Waals surface area contributed by atoms with Crippen LogP contribution in [0.15, 0.2) is 115 Å². The maximum absolute atomic E-state index is 12.9. The van der Waals surface area contributed by atoms with Gasteiger partial charge in [-0.25, -0.2) is 4.79 Å². The third kappa shape index (κ3) is 12.3. The molecule has 0 spiro atoms. The van der Waals surface area contributed by atoms with Gasteiger partial charge in [-0.05, 0) is 79.6 Å². The minimum Gasteiger partial charge on any atom is -0.480 e. The van der Waals surface area contributed by atoms with Crippen molar-refractivity contribution in [2.24, 2.45) is 0 Å². The summed E-state index contributed by atoms with van der Waals surface area (Å²) in [6.07, 6.45) is 7.69. The quantitative estimate of drug-likeness (QED) is 0.0307. The predicted octanol–water partition coefficient (Wildman–Crippen LogP) is 7.96. The minimum absolute atomic E-state index is 0.0245. The van der Waals surface area contributed by atoms with E-state index < -0.39 is 18.6 Å². The molecular formula is C49H58N5O6+. The van der Waals surface area contributed by atoms with Crippen LogP contribution in [0.25, 0.3) is 11.1 Å². The first-order chi connectivity index (χ1) is 29.0. The maximum atomic E-state index is 12.9. The van der Waals surface area contributed by atoms with Gasteiger partial charge in [0.25, 0.3) is 0 Å². The molecule has 1 aliphatic rings. The highest BCUT2D eigenvalue weighted by atomic mass is 16.5. The molecule has 0 radical (unpaired) electrons. The molecule has 0 heterocycles. The average Bonchev–Trinajstić information content (AvgIpc) is 3.54. The molecule has 4 N–H and O–H groups in total. The number of ether oxygens (including phenoxy) is 1. The van der Waals surface area contributed by atoms with Gasteiger partial charge in [0.15, 0.2) is 5.71 Å². The van der Waals surface area contributed by atoms with Gasteiger partial charge in [0.1, 0.15) is 19.7 Å².